The summed E-state index contributed by atoms with van der Waals surface area (Å²) in [6.45, 7) is 0.885. The Morgan fingerprint density at radius 3 is 2.29 bits per heavy atom. The Morgan fingerprint density at radius 2 is 1.71 bits per heavy atom. The molecule has 0 aromatic heterocycles. The SMILES string of the molecule is O=C(NC(CC1CC1)C(=O)N1CC2CC2(C(=O)O)C1)OCC1c2ccccc2-c2ccccc21. The summed E-state index contributed by atoms with van der Waals surface area (Å²) in [5.41, 5.74) is 3.82. The minimum atomic E-state index is -0.823. The van der Waals surface area contributed by atoms with Crippen LogP contribution in [0, 0.1) is 17.3 Å². The number of rotatable bonds is 7. The Morgan fingerprint density at radius 1 is 1.06 bits per heavy atom. The second-order valence-corrected chi connectivity index (χ2v) is 10.3. The fourth-order valence-electron chi connectivity index (χ4n) is 5.89. The molecule has 1 heterocycles. The molecule has 7 heteroatoms. The third kappa shape index (κ3) is 3.54. The molecule has 4 aliphatic rings. The number of likely N-dealkylation sites (tertiary alicyclic amines) is 1. The lowest BCUT2D eigenvalue weighted by molar-refractivity contribution is -0.144. The second-order valence-electron chi connectivity index (χ2n) is 10.3. The Bertz CT molecular complexity index is 1130. The summed E-state index contributed by atoms with van der Waals surface area (Å²) < 4.78 is 5.66. The van der Waals surface area contributed by atoms with Gasteiger partial charge in [0.05, 0.1) is 5.41 Å². The minimum Gasteiger partial charge on any atom is -0.481 e. The molecule has 3 atom stereocenters. The fourth-order valence-corrected chi connectivity index (χ4v) is 5.89. The van der Waals surface area contributed by atoms with E-state index in [9.17, 15) is 19.5 Å². The highest BCUT2D eigenvalue weighted by Crippen LogP contribution is 2.58. The van der Waals surface area contributed by atoms with Crippen molar-refractivity contribution in [2.24, 2.45) is 17.3 Å². The van der Waals surface area contributed by atoms with Crippen molar-refractivity contribution < 1.29 is 24.2 Å². The molecule has 176 valence electrons. The lowest BCUT2D eigenvalue weighted by Gasteiger charge is -2.26. The van der Waals surface area contributed by atoms with Gasteiger partial charge < -0.3 is 20.1 Å². The quantitative estimate of drug-likeness (QED) is 0.658. The number of carboxylic acid groups (broad SMARTS) is 1. The lowest BCUT2D eigenvalue weighted by atomic mass is 9.98. The Hall–Kier alpha value is -3.35. The van der Waals surface area contributed by atoms with Crippen LogP contribution in [0.3, 0.4) is 0 Å². The molecule has 2 aromatic rings. The maximum absolute atomic E-state index is 13.2. The van der Waals surface area contributed by atoms with Crippen LogP contribution in [0.2, 0.25) is 0 Å². The van der Waals surface area contributed by atoms with E-state index >= 15 is 0 Å². The molecule has 1 saturated heterocycles. The minimum absolute atomic E-state index is 0.0324. The monoisotopic (exact) mass is 460 g/mol. The summed E-state index contributed by atoms with van der Waals surface area (Å²) in [6, 6.07) is 15.6. The van der Waals surface area contributed by atoms with Gasteiger partial charge in [-0.1, -0.05) is 61.4 Å². The largest absolute Gasteiger partial charge is 0.481 e. The van der Waals surface area contributed by atoms with E-state index in [1.165, 1.54) is 0 Å². The van der Waals surface area contributed by atoms with Gasteiger partial charge in [-0.2, -0.15) is 0 Å². The van der Waals surface area contributed by atoms with Crippen molar-refractivity contribution >= 4 is 18.0 Å². The van der Waals surface area contributed by atoms with Crippen LogP contribution in [-0.2, 0) is 14.3 Å². The molecule has 2 amide bonds. The van der Waals surface area contributed by atoms with E-state index in [0.29, 0.717) is 25.3 Å². The molecule has 1 aliphatic heterocycles. The van der Waals surface area contributed by atoms with Crippen LogP contribution in [0.25, 0.3) is 11.1 Å². The predicted octanol–water partition coefficient (Wildman–Crippen LogP) is 3.63. The number of hydrogen-bond donors (Lipinski definition) is 2. The number of carbonyl (C=O) groups excluding carboxylic acids is 2. The number of hydrogen-bond acceptors (Lipinski definition) is 4. The summed E-state index contributed by atoms with van der Waals surface area (Å²) in [7, 11) is 0. The predicted molar refractivity (Wildman–Crippen MR) is 124 cm³/mol. The number of carbonyl (C=O) groups is 3. The molecule has 2 saturated carbocycles. The van der Waals surface area contributed by atoms with Crippen molar-refractivity contribution in [3.8, 4) is 11.1 Å². The first-order valence-corrected chi connectivity index (χ1v) is 12.1. The highest BCUT2D eigenvalue weighted by molar-refractivity contribution is 5.88. The zero-order valence-corrected chi connectivity index (χ0v) is 18.9. The second kappa shape index (κ2) is 7.86. The lowest BCUT2D eigenvalue weighted by Crippen LogP contribution is -2.49. The average molecular weight is 461 g/mol. The first-order chi connectivity index (χ1) is 16.5. The summed E-state index contributed by atoms with van der Waals surface area (Å²) >= 11 is 0. The average Bonchev–Trinajstić information content (AvgIpc) is 3.74. The Balaban J connectivity index is 1.12. The van der Waals surface area contributed by atoms with Crippen LogP contribution in [0.15, 0.2) is 48.5 Å². The number of alkyl carbamates (subject to hydrolysis) is 1. The fraction of sp³-hybridized carbons (Fsp3) is 0.444. The van der Waals surface area contributed by atoms with Crippen LogP contribution in [0.5, 0.6) is 0 Å². The van der Waals surface area contributed by atoms with E-state index in [-0.39, 0.29) is 30.9 Å². The number of ether oxygens (including phenoxy) is 1. The molecule has 7 nitrogen and oxygen atoms in total. The van der Waals surface area contributed by atoms with Gasteiger partial charge in [0.1, 0.15) is 12.6 Å². The Labute approximate surface area is 198 Å². The molecule has 34 heavy (non-hydrogen) atoms. The van der Waals surface area contributed by atoms with Gasteiger partial charge in [0.15, 0.2) is 0 Å². The molecular weight excluding hydrogens is 432 g/mol. The number of fused-ring (bicyclic) bond motifs is 4. The number of amides is 2. The van der Waals surface area contributed by atoms with E-state index in [2.05, 4.69) is 29.6 Å². The number of benzene rings is 2. The van der Waals surface area contributed by atoms with Gasteiger partial charge in [0.25, 0.3) is 0 Å². The third-order valence-corrected chi connectivity index (χ3v) is 8.08. The number of piperidine rings is 1. The van der Waals surface area contributed by atoms with Crippen LogP contribution < -0.4 is 5.32 Å². The van der Waals surface area contributed by atoms with Crippen molar-refractivity contribution in [3.63, 3.8) is 0 Å². The molecule has 0 spiro atoms. The number of nitrogens with zero attached hydrogens (tertiary/aromatic N) is 1. The summed E-state index contributed by atoms with van der Waals surface area (Å²) in [4.78, 5) is 39.3. The van der Waals surface area contributed by atoms with E-state index in [1.807, 2.05) is 24.3 Å². The first kappa shape index (κ1) is 21.2. The normalized spacial score (nSPS) is 25.2. The molecule has 0 bridgehead atoms. The van der Waals surface area contributed by atoms with Crippen molar-refractivity contribution in [1.29, 1.82) is 0 Å². The molecule has 3 aliphatic carbocycles. The van der Waals surface area contributed by atoms with Gasteiger partial charge in [-0.15, -0.1) is 0 Å². The summed E-state index contributed by atoms with van der Waals surface area (Å²) in [6.07, 6.45) is 2.72. The smallest absolute Gasteiger partial charge is 0.407 e. The van der Waals surface area contributed by atoms with Crippen molar-refractivity contribution in [2.45, 2.75) is 37.6 Å². The molecule has 2 aromatic carbocycles. The van der Waals surface area contributed by atoms with Crippen molar-refractivity contribution in [2.75, 3.05) is 19.7 Å². The molecule has 3 fully saturated rings. The van der Waals surface area contributed by atoms with Gasteiger partial charge in [0, 0.05) is 19.0 Å². The van der Waals surface area contributed by atoms with Crippen LogP contribution in [0.4, 0.5) is 4.79 Å². The highest BCUT2D eigenvalue weighted by atomic mass is 16.5. The van der Waals surface area contributed by atoms with E-state index in [0.717, 1.165) is 35.1 Å². The van der Waals surface area contributed by atoms with Crippen LogP contribution in [-0.4, -0.2) is 53.7 Å². The zero-order chi connectivity index (χ0) is 23.4. The van der Waals surface area contributed by atoms with E-state index in [4.69, 9.17) is 4.74 Å². The van der Waals surface area contributed by atoms with E-state index < -0.39 is 23.5 Å². The van der Waals surface area contributed by atoms with Gasteiger partial charge in [0.2, 0.25) is 5.91 Å². The molecule has 2 N–H and O–H groups in total. The summed E-state index contributed by atoms with van der Waals surface area (Å²) in [5, 5.41) is 12.3. The topological polar surface area (TPSA) is 95.9 Å². The number of carboxylic acids is 1. The molecule has 6 rings (SSSR count). The van der Waals surface area contributed by atoms with Gasteiger partial charge >= 0.3 is 12.1 Å². The maximum Gasteiger partial charge on any atom is 0.407 e. The number of nitrogens with one attached hydrogen (secondary N) is 1. The zero-order valence-electron chi connectivity index (χ0n) is 18.9. The van der Waals surface area contributed by atoms with Crippen LogP contribution in [0.1, 0.15) is 42.7 Å². The van der Waals surface area contributed by atoms with E-state index in [1.54, 1.807) is 4.90 Å². The molecule has 0 radical (unpaired) electrons. The standard InChI is InChI=1S/C27H28N2O5/c30-24(29-13-17-12-27(17,15-29)25(31)32)23(11-16-9-10-16)28-26(33)34-14-22-20-7-3-1-5-18(20)19-6-2-4-8-21(19)22/h1-8,16-17,22-23H,9-15H2,(H,28,33)(H,31,32). The van der Waals surface area contributed by atoms with Gasteiger partial charge in [-0.25, -0.2) is 4.79 Å². The van der Waals surface area contributed by atoms with Crippen molar-refractivity contribution in [3.05, 3.63) is 59.7 Å². The first-order valence-electron chi connectivity index (χ1n) is 12.1. The Kier molecular flexibility index (Phi) is 4.90. The molecule has 3 unspecified atom stereocenters. The molecular formula is C27H28N2O5. The summed E-state index contributed by atoms with van der Waals surface area (Å²) in [5.74, 6) is -0.598. The maximum atomic E-state index is 13.2. The van der Waals surface area contributed by atoms with Gasteiger partial charge in [-0.3, -0.25) is 9.59 Å². The highest BCUT2D eigenvalue weighted by Gasteiger charge is 2.66. The van der Waals surface area contributed by atoms with Crippen molar-refractivity contribution in [1.82, 2.24) is 10.2 Å². The van der Waals surface area contributed by atoms with Crippen LogP contribution >= 0.6 is 0 Å². The van der Waals surface area contributed by atoms with Gasteiger partial charge in [-0.05, 0) is 46.9 Å². The number of aliphatic carboxylic acids is 1. The third-order valence-electron chi connectivity index (χ3n) is 8.08.